The van der Waals surface area contributed by atoms with Gasteiger partial charge in [0.15, 0.2) is 0 Å². The number of hydrogen-bond donors (Lipinski definition) is 0. The molecule has 0 radical (unpaired) electrons. The molecule has 0 N–H and O–H groups in total. The molecule has 0 atom stereocenters. The second-order valence-electron chi connectivity index (χ2n) is 4.52. The van der Waals surface area contributed by atoms with E-state index >= 15 is 0 Å². The van der Waals surface area contributed by atoms with Gasteiger partial charge in [0, 0.05) is 17.8 Å². The molecule has 4 heteroatoms. The average molecular weight is 258 g/mol. The van der Waals surface area contributed by atoms with Crippen molar-refractivity contribution in [1.82, 2.24) is 14.8 Å². The molecule has 0 spiro atoms. The van der Waals surface area contributed by atoms with E-state index in [2.05, 4.69) is 39.9 Å². The van der Waals surface area contributed by atoms with E-state index in [0.717, 1.165) is 17.6 Å². The smallest absolute Gasteiger partial charge is 0.138 e. The first kappa shape index (κ1) is 10.1. The van der Waals surface area contributed by atoms with Gasteiger partial charge in [0.05, 0.1) is 0 Å². The third-order valence-corrected chi connectivity index (χ3v) is 4.10. The quantitative estimate of drug-likeness (QED) is 0.777. The van der Waals surface area contributed by atoms with Gasteiger partial charge in [0.25, 0.3) is 0 Å². The van der Waals surface area contributed by atoms with Crippen LogP contribution in [-0.4, -0.2) is 20.1 Å². The molecule has 1 aliphatic rings. The predicted molar refractivity (Wildman–Crippen MR) is 59.6 cm³/mol. The second kappa shape index (κ2) is 3.65. The van der Waals surface area contributed by atoms with E-state index in [1.165, 1.54) is 12.8 Å². The van der Waals surface area contributed by atoms with Gasteiger partial charge in [-0.3, -0.25) is 0 Å². The molecule has 14 heavy (non-hydrogen) atoms. The molecule has 1 aliphatic carbocycles. The molecule has 0 aliphatic heterocycles. The summed E-state index contributed by atoms with van der Waals surface area (Å²) in [6, 6.07) is 0.415. The first-order valence-electron chi connectivity index (χ1n) is 5.11. The molecule has 78 valence electrons. The summed E-state index contributed by atoms with van der Waals surface area (Å²) in [5.41, 5.74) is 0.486. The molecule has 1 aromatic rings. The molecule has 0 saturated heterocycles. The topological polar surface area (TPSA) is 30.7 Å². The molecule has 0 amide bonds. The highest BCUT2D eigenvalue weighted by atomic mass is 79.9. The largest absolute Gasteiger partial charge is 0.248 e. The van der Waals surface area contributed by atoms with Crippen molar-refractivity contribution in [2.75, 3.05) is 5.33 Å². The molecule has 1 saturated carbocycles. The summed E-state index contributed by atoms with van der Waals surface area (Å²) in [5.74, 6) is 1.14. The zero-order valence-corrected chi connectivity index (χ0v) is 10.3. The minimum absolute atomic E-state index is 0.415. The molecule has 1 aromatic heterocycles. The van der Waals surface area contributed by atoms with Crippen molar-refractivity contribution in [2.45, 2.75) is 39.2 Å². The standard InChI is InChI=1S/C10H16BrN3/c1-8(2)14-9(12-7-13-14)5-10(6-11)3-4-10/h7-8H,3-6H2,1-2H3. The number of aromatic nitrogens is 3. The average Bonchev–Trinajstić information content (AvgIpc) is 2.76. The monoisotopic (exact) mass is 257 g/mol. The fraction of sp³-hybridized carbons (Fsp3) is 0.800. The summed E-state index contributed by atoms with van der Waals surface area (Å²) < 4.78 is 2.03. The maximum absolute atomic E-state index is 4.34. The minimum Gasteiger partial charge on any atom is -0.248 e. The Morgan fingerprint density at radius 3 is 2.79 bits per heavy atom. The van der Waals surface area contributed by atoms with Gasteiger partial charge in [-0.05, 0) is 32.1 Å². The van der Waals surface area contributed by atoms with E-state index in [0.29, 0.717) is 11.5 Å². The van der Waals surface area contributed by atoms with Crippen LogP contribution in [0.1, 0.15) is 38.6 Å². The van der Waals surface area contributed by atoms with Gasteiger partial charge in [-0.15, -0.1) is 0 Å². The Morgan fingerprint density at radius 1 is 1.57 bits per heavy atom. The summed E-state index contributed by atoms with van der Waals surface area (Å²) >= 11 is 3.58. The minimum atomic E-state index is 0.415. The number of halogens is 1. The SMILES string of the molecule is CC(C)n1ncnc1CC1(CBr)CC1. The zero-order valence-electron chi connectivity index (χ0n) is 8.70. The number of rotatable bonds is 4. The van der Waals surface area contributed by atoms with E-state index in [1.807, 2.05) is 4.68 Å². The Morgan fingerprint density at radius 2 is 2.29 bits per heavy atom. The first-order chi connectivity index (χ1) is 6.67. The van der Waals surface area contributed by atoms with Crippen LogP contribution in [0.2, 0.25) is 0 Å². The second-order valence-corrected chi connectivity index (χ2v) is 5.09. The third kappa shape index (κ3) is 1.85. The molecule has 3 nitrogen and oxygen atoms in total. The van der Waals surface area contributed by atoms with Crippen molar-refractivity contribution in [3.8, 4) is 0 Å². The molecule has 0 bridgehead atoms. The van der Waals surface area contributed by atoms with Crippen molar-refractivity contribution >= 4 is 15.9 Å². The lowest BCUT2D eigenvalue weighted by molar-refractivity contribution is 0.468. The summed E-state index contributed by atoms with van der Waals surface area (Å²) in [6.45, 7) is 4.29. The van der Waals surface area contributed by atoms with Crippen molar-refractivity contribution < 1.29 is 0 Å². The molecule has 0 unspecified atom stereocenters. The first-order valence-corrected chi connectivity index (χ1v) is 6.23. The van der Waals surface area contributed by atoms with Gasteiger partial charge in [0.2, 0.25) is 0 Å². The van der Waals surface area contributed by atoms with E-state index in [-0.39, 0.29) is 0 Å². The summed E-state index contributed by atoms with van der Waals surface area (Å²) in [7, 11) is 0. The maximum atomic E-state index is 4.34. The highest BCUT2D eigenvalue weighted by Gasteiger charge is 2.42. The molecule has 1 heterocycles. The Bertz CT molecular complexity index is 315. The van der Waals surface area contributed by atoms with Crippen LogP contribution in [0.3, 0.4) is 0 Å². The number of nitrogens with zero attached hydrogens (tertiary/aromatic N) is 3. The summed E-state index contributed by atoms with van der Waals surface area (Å²) in [5, 5.41) is 5.34. The van der Waals surface area contributed by atoms with Gasteiger partial charge in [-0.1, -0.05) is 15.9 Å². The van der Waals surface area contributed by atoms with Gasteiger partial charge in [0.1, 0.15) is 12.2 Å². The van der Waals surface area contributed by atoms with Gasteiger partial charge >= 0.3 is 0 Å². The normalized spacial score (nSPS) is 18.9. The van der Waals surface area contributed by atoms with Crippen LogP contribution >= 0.6 is 15.9 Å². The molecule has 1 fully saturated rings. The van der Waals surface area contributed by atoms with E-state index < -0.39 is 0 Å². The number of alkyl halides is 1. The Hall–Kier alpha value is -0.380. The zero-order chi connectivity index (χ0) is 10.2. The summed E-state index contributed by atoms with van der Waals surface area (Å²) in [4.78, 5) is 4.34. The lowest BCUT2D eigenvalue weighted by Gasteiger charge is -2.13. The van der Waals surface area contributed by atoms with Crippen molar-refractivity contribution in [2.24, 2.45) is 5.41 Å². The molecule has 0 aromatic carbocycles. The Balaban J connectivity index is 2.12. The van der Waals surface area contributed by atoms with Crippen LogP contribution in [0.4, 0.5) is 0 Å². The lowest BCUT2D eigenvalue weighted by Crippen LogP contribution is -2.14. The van der Waals surface area contributed by atoms with E-state index in [1.54, 1.807) is 6.33 Å². The van der Waals surface area contributed by atoms with Gasteiger partial charge < -0.3 is 0 Å². The van der Waals surface area contributed by atoms with Crippen molar-refractivity contribution in [3.05, 3.63) is 12.2 Å². The predicted octanol–water partition coefficient (Wildman–Crippen LogP) is 2.58. The van der Waals surface area contributed by atoms with E-state index in [4.69, 9.17) is 0 Å². The van der Waals surface area contributed by atoms with Gasteiger partial charge in [-0.25, -0.2) is 9.67 Å². The highest BCUT2D eigenvalue weighted by molar-refractivity contribution is 9.09. The fourth-order valence-electron chi connectivity index (χ4n) is 1.70. The molecular weight excluding hydrogens is 242 g/mol. The maximum Gasteiger partial charge on any atom is 0.138 e. The summed E-state index contributed by atoms with van der Waals surface area (Å²) in [6.07, 6.45) is 5.38. The van der Waals surface area contributed by atoms with Crippen LogP contribution in [0, 0.1) is 5.41 Å². The lowest BCUT2D eigenvalue weighted by atomic mass is 10.1. The Kier molecular flexibility index (Phi) is 2.64. The van der Waals surface area contributed by atoms with Crippen LogP contribution in [0.25, 0.3) is 0 Å². The van der Waals surface area contributed by atoms with Crippen LogP contribution in [-0.2, 0) is 6.42 Å². The molecular formula is C10H16BrN3. The number of hydrogen-bond acceptors (Lipinski definition) is 2. The fourth-order valence-corrected chi connectivity index (χ4v) is 2.46. The van der Waals surface area contributed by atoms with Crippen molar-refractivity contribution in [1.29, 1.82) is 0 Å². The van der Waals surface area contributed by atoms with Crippen LogP contribution in [0.15, 0.2) is 6.33 Å². The molecule has 2 rings (SSSR count). The highest BCUT2D eigenvalue weighted by Crippen LogP contribution is 2.49. The Labute approximate surface area is 93.0 Å². The van der Waals surface area contributed by atoms with Crippen LogP contribution < -0.4 is 0 Å². The van der Waals surface area contributed by atoms with Crippen molar-refractivity contribution in [3.63, 3.8) is 0 Å². The van der Waals surface area contributed by atoms with E-state index in [9.17, 15) is 0 Å². The van der Waals surface area contributed by atoms with Crippen LogP contribution in [0.5, 0.6) is 0 Å². The van der Waals surface area contributed by atoms with Gasteiger partial charge in [-0.2, -0.15) is 5.10 Å². The third-order valence-electron chi connectivity index (χ3n) is 2.91.